The van der Waals surface area contributed by atoms with Crippen molar-refractivity contribution >= 4 is 22.9 Å². The molecule has 0 aliphatic carbocycles. The van der Waals surface area contributed by atoms with Crippen molar-refractivity contribution in [3.05, 3.63) is 50.9 Å². The Bertz CT molecular complexity index is 574. The Balaban J connectivity index is 1.98. The highest BCUT2D eigenvalue weighted by molar-refractivity contribution is 7.16. The van der Waals surface area contributed by atoms with Crippen LogP contribution in [0.4, 0.5) is 0 Å². The fourth-order valence-corrected chi connectivity index (χ4v) is 2.87. The summed E-state index contributed by atoms with van der Waals surface area (Å²) in [6.07, 6.45) is 1.67. The number of hydrogen-bond acceptors (Lipinski definition) is 4. The highest BCUT2D eigenvalue weighted by atomic mass is 35.5. The molecule has 0 amide bonds. The van der Waals surface area contributed by atoms with E-state index in [9.17, 15) is 0 Å². The molecule has 0 spiro atoms. The first-order valence-corrected chi connectivity index (χ1v) is 6.64. The molecular weight excluding hydrogens is 266 g/mol. The topological polar surface area (TPSA) is 39.9 Å². The molecule has 0 fully saturated rings. The average molecular weight is 278 g/mol. The molecule has 0 saturated heterocycles. The number of nitrogens with zero attached hydrogens (tertiary/aromatic N) is 3. The Hall–Kier alpha value is -1.41. The maximum absolute atomic E-state index is 8.80. The minimum Gasteiger partial charge on any atom is -0.297 e. The standard InChI is InChI=1S/C13H12ClN3S/c1-17(9-12-2-3-13(14)18-12)8-10-4-5-16-11(6-10)7-15/h2-6H,8-9H2,1H3. The zero-order chi connectivity index (χ0) is 13.0. The number of nitriles is 1. The molecule has 0 unspecified atom stereocenters. The fourth-order valence-electron chi connectivity index (χ4n) is 1.70. The van der Waals surface area contributed by atoms with Gasteiger partial charge in [0, 0.05) is 24.2 Å². The van der Waals surface area contributed by atoms with Crippen molar-refractivity contribution in [2.45, 2.75) is 13.1 Å². The van der Waals surface area contributed by atoms with E-state index in [1.165, 1.54) is 4.88 Å². The van der Waals surface area contributed by atoms with Gasteiger partial charge in [0.15, 0.2) is 0 Å². The summed E-state index contributed by atoms with van der Waals surface area (Å²) >= 11 is 7.49. The van der Waals surface area contributed by atoms with Crippen LogP contribution >= 0.6 is 22.9 Å². The second-order valence-electron chi connectivity index (χ2n) is 4.04. The van der Waals surface area contributed by atoms with E-state index < -0.39 is 0 Å². The van der Waals surface area contributed by atoms with Crippen molar-refractivity contribution in [1.29, 1.82) is 5.26 Å². The second kappa shape index (κ2) is 5.96. The Labute approximate surface area is 115 Å². The van der Waals surface area contributed by atoms with Crippen LogP contribution in [-0.4, -0.2) is 16.9 Å². The highest BCUT2D eigenvalue weighted by Gasteiger charge is 2.05. The maximum Gasteiger partial charge on any atom is 0.140 e. The Kier molecular flexibility index (Phi) is 4.32. The molecule has 3 nitrogen and oxygen atoms in total. The quantitative estimate of drug-likeness (QED) is 0.861. The molecule has 2 aromatic rings. The smallest absolute Gasteiger partial charge is 0.140 e. The van der Waals surface area contributed by atoms with Crippen LogP contribution in [0.15, 0.2) is 30.5 Å². The van der Waals surface area contributed by atoms with Gasteiger partial charge >= 0.3 is 0 Å². The second-order valence-corrected chi connectivity index (χ2v) is 5.84. The minimum absolute atomic E-state index is 0.458. The van der Waals surface area contributed by atoms with Crippen molar-refractivity contribution in [3.8, 4) is 6.07 Å². The zero-order valence-electron chi connectivity index (χ0n) is 9.93. The summed E-state index contributed by atoms with van der Waals surface area (Å²) in [6, 6.07) is 9.75. The van der Waals surface area contributed by atoms with Crippen molar-refractivity contribution in [1.82, 2.24) is 9.88 Å². The SMILES string of the molecule is CN(Cc1ccnc(C#N)c1)Cc1ccc(Cl)s1. The molecule has 92 valence electrons. The van der Waals surface area contributed by atoms with E-state index in [1.807, 2.05) is 37.4 Å². The number of rotatable bonds is 4. The summed E-state index contributed by atoms with van der Waals surface area (Å²) in [5, 5.41) is 8.80. The molecule has 0 atom stereocenters. The first kappa shape index (κ1) is 13.0. The summed E-state index contributed by atoms with van der Waals surface area (Å²) in [6.45, 7) is 1.63. The number of hydrogen-bond donors (Lipinski definition) is 0. The fraction of sp³-hybridized carbons (Fsp3) is 0.231. The van der Waals surface area contributed by atoms with Crippen LogP contribution in [0.5, 0.6) is 0 Å². The van der Waals surface area contributed by atoms with E-state index in [-0.39, 0.29) is 0 Å². The molecule has 0 aromatic carbocycles. The lowest BCUT2D eigenvalue weighted by Crippen LogP contribution is -2.16. The third kappa shape index (κ3) is 3.54. The largest absolute Gasteiger partial charge is 0.297 e. The first-order valence-electron chi connectivity index (χ1n) is 5.45. The van der Waals surface area contributed by atoms with Crippen molar-refractivity contribution < 1.29 is 0 Å². The van der Waals surface area contributed by atoms with E-state index in [0.717, 1.165) is 23.0 Å². The van der Waals surface area contributed by atoms with Gasteiger partial charge in [0.05, 0.1) is 4.34 Å². The Morgan fingerprint density at radius 2 is 2.22 bits per heavy atom. The number of pyridine rings is 1. The lowest BCUT2D eigenvalue weighted by atomic mass is 10.2. The minimum atomic E-state index is 0.458. The molecule has 2 aromatic heterocycles. The summed E-state index contributed by atoms with van der Waals surface area (Å²) < 4.78 is 0.814. The summed E-state index contributed by atoms with van der Waals surface area (Å²) in [5.74, 6) is 0. The third-order valence-corrected chi connectivity index (χ3v) is 3.66. The zero-order valence-corrected chi connectivity index (χ0v) is 11.5. The third-order valence-electron chi connectivity index (χ3n) is 2.45. The van der Waals surface area contributed by atoms with Gasteiger partial charge in [-0.15, -0.1) is 11.3 Å². The van der Waals surface area contributed by atoms with Gasteiger partial charge < -0.3 is 0 Å². The summed E-state index contributed by atoms with van der Waals surface area (Å²) in [5.41, 5.74) is 1.55. The van der Waals surface area contributed by atoms with Gasteiger partial charge in [0.2, 0.25) is 0 Å². The van der Waals surface area contributed by atoms with Gasteiger partial charge in [-0.3, -0.25) is 4.90 Å². The van der Waals surface area contributed by atoms with Gasteiger partial charge in [-0.1, -0.05) is 11.6 Å². The van der Waals surface area contributed by atoms with Gasteiger partial charge in [-0.25, -0.2) is 4.98 Å². The lowest BCUT2D eigenvalue weighted by Gasteiger charge is -2.15. The number of thiophene rings is 1. The van der Waals surface area contributed by atoms with E-state index in [1.54, 1.807) is 17.5 Å². The van der Waals surface area contributed by atoms with Crippen LogP contribution in [-0.2, 0) is 13.1 Å². The van der Waals surface area contributed by atoms with Crippen LogP contribution in [0.3, 0.4) is 0 Å². The van der Waals surface area contributed by atoms with Gasteiger partial charge in [0.25, 0.3) is 0 Å². The summed E-state index contributed by atoms with van der Waals surface area (Å²) in [4.78, 5) is 7.37. The molecule has 18 heavy (non-hydrogen) atoms. The average Bonchev–Trinajstić information content (AvgIpc) is 2.74. The van der Waals surface area contributed by atoms with E-state index >= 15 is 0 Å². The molecule has 0 aliphatic heterocycles. The van der Waals surface area contributed by atoms with Crippen LogP contribution in [0.25, 0.3) is 0 Å². The van der Waals surface area contributed by atoms with Crippen molar-refractivity contribution in [2.24, 2.45) is 0 Å². The monoisotopic (exact) mass is 277 g/mol. The number of halogens is 1. The molecule has 0 saturated carbocycles. The molecule has 0 radical (unpaired) electrons. The normalized spacial score (nSPS) is 10.6. The van der Waals surface area contributed by atoms with Gasteiger partial charge in [-0.05, 0) is 36.9 Å². The summed E-state index contributed by atoms with van der Waals surface area (Å²) in [7, 11) is 2.04. The molecule has 0 N–H and O–H groups in total. The molecular formula is C13H12ClN3S. The first-order chi connectivity index (χ1) is 8.67. The maximum atomic E-state index is 8.80. The molecule has 2 heterocycles. The van der Waals surface area contributed by atoms with Gasteiger partial charge in [0.1, 0.15) is 11.8 Å². The Morgan fingerprint density at radius 3 is 2.89 bits per heavy atom. The van der Waals surface area contributed by atoms with E-state index in [4.69, 9.17) is 16.9 Å². The van der Waals surface area contributed by atoms with Gasteiger partial charge in [-0.2, -0.15) is 5.26 Å². The molecule has 0 bridgehead atoms. The van der Waals surface area contributed by atoms with Crippen LogP contribution in [0, 0.1) is 11.3 Å². The van der Waals surface area contributed by atoms with Crippen LogP contribution in [0.1, 0.15) is 16.1 Å². The molecule has 0 aliphatic rings. The lowest BCUT2D eigenvalue weighted by molar-refractivity contribution is 0.322. The van der Waals surface area contributed by atoms with Crippen LogP contribution in [0.2, 0.25) is 4.34 Å². The molecule has 2 rings (SSSR count). The number of aromatic nitrogens is 1. The van der Waals surface area contributed by atoms with E-state index in [0.29, 0.717) is 5.69 Å². The van der Waals surface area contributed by atoms with Crippen LogP contribution < -0.4 is 0 Å². The van der Waals surface area contributed by atoms with Crippen molar-refractivity contribution in [3.63, 3.8) is 0 Å². The highest BCUT2D eigenvalue weighted by Crippen LogP contribution is 2.22. The molecule has 5 heteroatoms. The van der Waals surface area contributed by atoms with E-state index in [2.05, 4.69) is 9.88 Å². The van der Waals surface area contributed by atoms with Crippen molar-refractivity contribution in [2.75, 3.05) is 7.05 Å². The predicted octanol–water partition coefficient (Wildman–Crippen LogP) is 3.30. The Morgan fingerprint density at radius 1 is 1.39 bits per heavy atom. The predicted molar refractivity (Wildman–Crippen MR) is 73.5 cm³/mol.